The second kappa shape index (κ2) is 5.11. The minimum atomic E-state index is -0.130. The summed E-state index contributed by atoms with van der Waals surface area (Å²) in [5, 5.41) is 11.4. The zero-order chi connectivity index (χ0) is 8.74. The van der Waals surface area contributed by atoms with Crippen LogP contribution in [0.2, 0.25) is 0 Å². The van der Waals surface area contributed by atoms with Gasteiger partial charge in [0.25, 0.3) is 0 Å². The first kappa shape index (κ1) is 10.4. The summed E-state index contributed by atoms with van der Waals surface area (Å²) in [5.74, 6) is 0. The van der Waals surface area contributed by atoms with Crippen molar-refractivity contribution in [1.29, 1.82) is 5.26 Å². The Bertz CT molecular complexity index is 138. The van der Waals surface area contributed by atoms with Crippen LogP contribution in [0.5, 0.6) is 0 Å². The zero-order valence-electron chi connectivity index (χ0n) is 7.48. The Labute approximate surface area is 68.3 Å². The Hall–Kier alpha value is -0.590. The summed E-state index contributed by atoms with van der Waals surface area (Å²) >= 11 is 0. The molecule has 0 heterocycles. The molecule has 0 fully saturated rings. The van der Waals surface area contributed by atoms with Crippen LogP contribution in [-0.2, 0) is 4.74 Å². The first-order valence-corrected chi connectivity index (χ1v) is 3.75. The van der Waals surface area contributed by atoms with E-state index in [4.69, 9.17) is 10.00 Å². The molecule has 0 aromatic carbocycles. The molecule has 0 aliphatic heterocycles. The van der Waals surface area contributed by atoms with E-state index in [9.17, 15) is 0 Å². The third-order valence-electron chi connectivity index (χ3n) is 1.52. The predicted molar refractivity (Wildman–Crippen MR) is 44.2 cm³/mol. The predicted octanol–water partition coefficient (Wildman–Crippen LogP) is 0.915. The van der Waals surface area contributed by atoms with Gasteiger partial charge in [0.15, 0.2) is 0 Å². The number of nitriles is 1. The van der Waals surface area contributed by atoms with Gasteiger partial charge in [0, 0.05) is 26.6 Å². The molecule has 0 aromatic rings. The summed E-state index contributed by atoms with van der Waals surface area (Å²) in [6.45, 7) is 5.53. The van der Waals surface area contributed by atoms with Crippen molar-refractivity contribution in [1.82, 2.24) is 5.32 Å². The standard InChI is InChI=1S/C8H16N2O/c1-8(2,11-3)7-10-6-4-5-9/h10H,4,6-7H2,1-3H3. The van der Waals surface area contributed by atoms with Gasteiger partial charge < -0.3 is 10.1 Å². The van der Waals surface area contributed by atoms with Crippen LogP contribution in [0, 0.1) is 11.3 Å². The molecule has 0 aromatic heterocycles. The summed E-state index contributed by atoms with van der Waals surface area (Å²) in [6.07, 6.45) is 0.555. The molecule has 0 saturated carbocycles. The van der Waals surface area contributed by atoms with Crippen molar-refractivity contribution >= 4 is 0 Å². The summed E-state index contributed by atoms with van der Waals surface area (Å²) in [6, 6.07) is 2.07. The summed E-state index contributed by atoms with van der Waals surface area (Å²) in [5.41, 5.74) is -0.130. The first-order valence-electron chi connectivity index (χ1n) is 3.75. The minimum absolute atomic E-state index is 0.130. The van der Waals surface area contributed by atoms with Gasteiger partial charge in [-0.05, 0) is 13.8 Å². The van der Waals surface area contributed by atoms with Crippen LogP contribution in [0.1, 0.15) is 20.3 Å². The van der Waals surface area contributed by atoms with Gasteiger partial charge in [0.1, 0.15) is 0 Å². The van der Waals surface area contributed by atoms with E-state index in [0.29, 0.717) is 6.42 Å². The number of rotatable bonds is 5. The van der Waals surface area contributed by atoms with Crippen molar-refractivity contribution in [3.63, 3.8) is 0 Å². The highest BCUT2D eigenvalue weighted by molar-refractivity contribution is 4.74. The topological polar surface area (TPSA) is 45.0 Å². The van der Waals surface area contributed by atoms with E-state index in [0.717, 1.165) is 13.1 Å². The number of methoxy groups -OCH3 is 1. The number of ether oxygens (including phenoxy) is 1. The van der Waals surface area contributed by atoms with Gasteiger partial charge in [0.05, 0.1) is 11.7 Å². The fourth-order valence-electron chi connectivity index (χ4n) is 0.606. The summed E-state index contributed by atoms with van der Waals surface area (Å²) < 4.78 is 5.17. The molecule has 0 spiro atoms. The van der Waals surface area contributed by atoms with Gasteiger partial charge in [-0.15, -0.1) is 0 Å². The molecule has 0 atom stereocenters. The molecule has 0 rings (SSSR count). The third kappa shape index (κ3) is 5.84. The number of nitrogens with zero attached hydrogens (tertiary/aromatic N) is 1. The van der Waals surface area contributed by atoms with Crippen molar-refractivity contribution < 1.29 is 4.74 Å². The van der Waals surface area contributed by atoms with Crippen LogP contribution in [0.25, 0.3) is 0 Å². The van der Waals surface area contributed by atoms with E-state index < -0.39 is 0 Å². The maximum Gasteiger partial charge on any atom is 0.0746 e. The zero-order valence-corrected chi connectivity index (χ0v) is 7.48. The second-order valence-corrected chi connectivity index (χ2v) is 3.05. The Kier molecular flexibility index (Phi) is 4.84. The van der Waals surface area contributed by atoms with Crippen molar-refractivity contribution in [2.24, 2.45) is 0 Å². The smallest absolute Gasteiger partial charge is 0.0746 e. The van der Waals surface area contributed by atoms with Crippen LogP contribution in [0.4, 0.5) is 0 Å². The second-order valence-electron chi connectivity index (χ2n) is 3.05. The van der Waals surface area contributed by atoms with Gasteiger partial charge in [-0.2, -0.15) is 5.26 Å². The highest BCUT2D eigenvalue weighted by atomic mass is 16.5. The lowest BCUT2D eigenvalue weighted by molar-refractivity contribution is 0.0236. The Morgan fingerprint density at radius 2 is 2.18 bits per heavy atom. The van der Waals surface area contributed by atoms with E-state index in [1.807, 2.05) is 13.8 Å². The van der Waals surface area contributed by atoms with E-state index in [1.54, 1.807) is 7.11 Å². The fourth-order valence-corrected chi connectivity index (χ4v) is 0.606. The van der Waals surface area contributed by atoms with Gasteiger partial charge in [-0.1, -0.05) is 0 Å². The molecular formula is C8H16N2O. The third-order valence-corrected chi connectivity index (χ3v) is 1.52. The number of nitrogens with one attached hydrogen (secondary N) is 1. The van der Waals surface area contributed by atoms with Gasteiger partial charge >= 0.3 is 0 Å². The molecule has 0 radical (unpaired) electrons. The molecule has 0 aliphatic rings. The normalized spacial score (nSPS) is 11.1. The van der Waals surface area contributed by atoms with Gasteiger partial charge in [-0.25, -0.2) is 0 Å². The van der Waals surface area contributed by atoms with Crippen LogP contribution in [0.15, 0.2) is 0 Å². The lowest BCUT2D eigenvalue weighted by atomic mass is 10.1. The Balaban J connectivity index is 3.32. The van der Waals surface area contributed by atoms with Crippen molar-refractivity contribution in [2.45, 2.75) is 25.9 Å². The van der Waals surface area contributed by atoms with Crippen LogP contribution in [-0.4, -0.2) is 25.8 Å². The van der Waals surface area contributed by atoms with Gasteiger partial charge in [-0.3, -0.25) is 0 Å². The molecule has 3 nitrogen and oxygen atoms in total. The average molecular weight is 156 g/mol. The first-order chi connectivity index (χ1) is 5.12. The van der Waals surface area contributed by atoms with Crippen molar-refractivity contribution in [3.8, 4) is 6.07 Å². The van der Waals surface area contributed by atoms with E-state index >= 15 is 0 Å². The monoisotopic (exact) mass is 156 g/mol. The molecule has 0 amide bonds. The molecule has 0 bridgehead atoms. The number of hydrogen-bond donors (Lipinski definition) is 1. The van der Waals surface area contributed by atoms with Crippen molar-refractivity contribution in [2.75, 3.05) is 20.2 Å². The highest BCUT2D eigenvalue weighted by Gasteiger charge is 2.14. The highest BCUT2D eigenvalue weighted by Crippen LogP contribution is 2.04. The molecule has 0 unspecified atom stereocenters. The van der Waals surface area contributed by atoms with E-state index in [1.165, 1.54) is 0 Å². The van der Waals surface area contributed by atoms with E-state index in [2.05, 4.69) is 11.4 Å². The molecule has 64 valence electrons. The molecule has 11 heavy (non-hydrogen) atoms. The SMILES string of the molecule is COC(C)(C)CNCCC#N. The Morgan fingerprint density at radius 3 is 2.64 bits per heavy atom. The minimum Gasteiger partial charge on any atom is -0.377 e. The molecule has 0 saturated heterocycles. The molecule has 3 heteroatoms. The Morgan fingerprint density at radius 1 is 1.55 bits per heavy atom. The van der Waals surface area contributed by atoms with Crippen molar-refractivity contribution in [3.05, 3.63) is 0 Å². The lowest BCUT2D eigenvalue weighted by Crippen LogP contribution is -2.37. The van der Waals surface area contributed by atoms with E-state index in [-0.39, 0.29) is 5.60 Å². The van der Waals surface area contributed by atoms with Crippen LogP contribution < -0.4 is 5.32 Å². The maximum atomic E-state index is 8.23. The maximum absolute atomic E-state index is 8.23. The molecule has 1 N–H and O–H groups in total. The van der Waals surface area contributed by atoms with Crippen LogP contribution in [0.3, 0.4) is 0 Å². The van der Waals surface area contributed by atoms with Crippen LogP contribution >= 0.6 is 0 Å². The van der Waals surface area contributed by atoms with Gasteiger partial charge in [0.2, 0.25) is 0 Å². The molecule has 0 aliphatic carbocycles. The summed E-state index contributed by atoms with van der Waals surface area (Å²) in [7, 11) is 1.69. The number of hydrogen-bond acceptors (Lipinski definition) is 3. The lowest BCUT2D eigenvalue weighted by Gasteiger charge is -2.22. The average Bonchev–Trinajstić information content (AvgIpc) is 1.99. The fraction of sp³-hybridized carbons (Fsp3) is 0.875. The summed E-state index contributed by atoms with van der Waals surface area (Å²) in [4.78, 5) is 0. The quantitative estimate of drug-likeness (QED) is 0.602. The molecular weight excluding hydrogens is 140 g/mol. The largest absolute Gasteiger partial charge is 0.377 e.